The van der Waals surface area contributed by atoms with Gasteiger partial charge in [-0.25, -0.2) is 4.79 Å². The normalized spacial score (nSPS) is 10.5. The van der Waals surface area contributed by atoms with Crippen molar-refractivity contribution in [3.8, 4) is 5.75 Å². The lowest BCUT2D eigenvalue weighted by atomic mass is 10.1. The Balaban J connectivity index is 1.59. The zero-order valence-corrected chi connectivity index (χ0v) is 21.0. The van der Waals surface area contributed by atoms with Crippen molar-refractivity contribution >= 4 is 63.0 Å². The number of aryl methyl sites for hydroxylation is 1. The highest BCUT2D eigenvalue weighted by molar-refractivity contribution is 7.16. The number of rotatable bonds is 8. The molecule has 0 saturated carbocycles. The number of carbonyl (C=O) groups is 3. The number of halogens is 2. The topological polar surface area (TPSA) is 93.7 Å². The first kappa shape index (κ1) is 25.6. The summed E-state index contributed by atoms with van der Waals surface area (Å²) in [4.78, 5) is 38.0. The highest BCUT2D eigenvalue weighted by Gasteiger charge is 2.22. The van der Waals surface area contributed by atoms with E-state index in [4.69, 9.17) is 32.7 Å². The summed E-state index contributed by atoms with van der Waals surface area (Å²) in [5.41, 5.74) is 1.90. The van der Waals surface area contributed by atoms with Gasteiger partial charge in [0, 0.05) is 15.5 Å². The third-order valence-corrected chi connectivity index (χ3v) is 6.47. The number of nitrogens with one attached hydrogen (secondary N) is 2. The maximum absolute atomic E-state index is 12.5. The largest absolute Gasteiger partial charge is 0.484 e. The Labute approximate surface area is 211 Å². The van der Waals surface area contributed by atoms with Gasteiger partial charge in [-0.05, 0) is 68.8 Å². The van der Waals surface area contributed by atoms with E-state index in [1.807, 2.05) is 13.8 Å². The summed E-state index contributed by atoms with van der Waals surface area (Å²) < 4.78 is 10.6. The van der Waals surface area contributed by atoms with Gasteiger partial charge >= 0.3 is 5.97 Å². The van der Waals surface area contributed by atoms with Crippen LogP contribution in [0.5, 0.6) is 5.75 Å². The number of carbonyl (C=O) groups excluding carboxylic acids is 3. The minimum Gasteiger partial charge on any atom is -0.484 e. The van der Waals surface area contributed by atoms with Gasteiger partial charge in [0.25, 0.3) is 11.8 Å². The number of anilines is 2. The lowest BCUT2D eigenvalue weighted by Crippen LogP contribution is -2.21. The molecule has 7 nitrogen and oxygen atoms in total. The summed E-state index contributed by atoms with van der Waals surface area (Å²) >= 11 is 13.3. The summed E-state index contributed by atoms with van der Waals surface area (Å²) in [7, 11) is 0. The van der Waals surface area contributed by atoms with Gasteiger partial charge in [-0.15, -0.1) is 11.3 Å². The molecule has 2 N–H and O–H groups in total. The van der Waals surface area contributed by atoms with E-state index in [0.29, 0.717) is 37.6 Å². The minimum atomic E-state index is -0.478. The third kappa shape index (κ3) is 6.28. The number of thiophene rings is 1. The lowest BCUT2D eigenvalue weighted by molar-refractivity contribution is -0.118. The van der Waals surface area contributed by atoms with Gasteiger partial charge in [0.1, 0.15) is 10.8 Å². The van der Waals surface area contributed by atoms with Crippen LogP contribution in [0, 0.1) is 13.8 Å². The molecule has 3 aromatic rings. The van der Waals surface area contributed by atoms with Crippen LogP contribution in [0.4, 0.5) is 10.7 Å². The van der Waals surface area contributed by atoms with Crippen LogP contribution >= 0.6 is 34.5 Å². The van der Waals surface area contributed by atoms with Crippen LogP contribution in [0.15, 0.2) is 42.5 Å². The van der Waals surface area contributed by atoms with Crippen molar-refractivity contribution in [2.45, 2.75) is 20.8 Å². The highest BCUT2D eigenvalue weighted by Crippen LogP contribution is 2.33. The lowest BCUT2D eigenvalue weighted by Gasteiger charge is -2.10. The third-order valence-electron chi connectivity index (χ3n) is 4.78. The van der Waals surface area contributed by atoms with Crippen LogP contribution in [-0.4, -0.2) is 31.0 Å². The summed E-state index contributed by atoms with van der Waals surface area (Å²) in [5.74, 6) is -0.877. The average Bonchev–Trinajstić information content (AvgIpc) is 3.08. The predicted molar refractivity (Wildman–Crippen MR) is 135 cm³/mol. The van der Waals surface area contributed by atoms with E-state index in [1.165, 1.54) is 11.3 Å². The van der Waals surface area contributed by atoms with Crippen LogP contribution in [0.25, 0.3) is 0 Å². The molecule has 2 amide bonds. The SMILES string of the molecule is CCOC(=O)c1c(NC(=O)COc2ccc(C(=O)Nc3cc(Cl)ccc3Cl)cc2)sc(C)c1C. The molecular weight excluding hydrogens is 499 g/mol. The van der Waals surface area contributed by atoms with E-state index in [0.717, 1.165) is 10.4 Å². The molecule has 0 radical (unpaired) electrons. The van der Waals surface area contributed by atoms with Crippen molar-refractivity contribution in [2.24, 2.45) is 0 Å². The number of hydrogen-bond acceptors (Lipinski definition) is 6. The van der Waals surface area contributed by atoms with Gasteiger partial charge in [0.15, 0.2) is 6.61 Å². The van der Waals surface area contributed by atoms with Crippen molar-refractivity contribution in [3.05, 3.63) is 74.1 Å². The number of esters is 1. The second kappa shape index (κ2) is 11.4. The highest BCUT2D eigenvalue weighted by atomic mass is 35.5. The predicted octanol–water partition coefficient (Wildman–Crippen LogP) is 6.12. The monoisotopic (exact) mass is 520 g/mol. The molecule has 3 rings (SSSR count). The molecule has 2 aromatic carbocycles. The second-order valence-electron chi connectivity index (χ2n) is 7.15. The average molecular weight is 521 g/mol. The number of hydrogen-bond donors (Lipinski definition) is 2. The van der Waals surface area contributed by atoms with Gasteiger partial charge in [-0.3, -0.25) is 9.59 Å². The van der Waals surface area contributed by atoms with Crippen LogP contribution < -0.4 is 15.4 Å². The van der Waals surface area contributed by atoms with Gasteiger partial charge in [0.05, 0.1) is 22.9 Å². The molecule has 0 spiro atoms. The molecule has 0 saturated heterocycles. The molecular formula is C24H22Cl2N2O5S. The van der Waals surface area contributed by atoms with E-state index in [9.17, 15) is 14.4 Å². The van der Waals surface area contributed by atoms with Gasteiger partial charge < -0.3 is 20.1 Å². The Morgan fingerprint density at radius 1 is 1.00 bits per heavy atom. The second-order valence-corrected chi connectivity index (χ2v) is 9.22. The van der Waals surface area contributed by atoms with Crippen molar-refractivity contribution in [1.29, 1.82) is 0 Å². The van der Waals surface area contributed by atoms with Gasteiger partial charge in [-0.2, -0.15) is 0 Å². The molecule has 10 heteroatoms. The zero-order chi connectivity index (χ0) is 24.8. The molecule has 0 unspecified atom stereocenters. The molecule has 1 heterocycles. The number of ether oxygens (including phenoxy) is 2. The quantitative estimate of drug-likeness (QED) is 0.349. The van der Waals surface area contributed by atoms with E-state index in [2.05, 4.69) is 10.6 Å². The van der Waals surface area contributed by atoms with Crippen LogP contribution in [0.2, 0.25) is 10.0 Å². The van der Waals surface area contributed by atoms with E-state index in [-0.39, 0.29) is 19.1 Å². The standard InChI is InChI=1S/C24H22Cl2N2O5S/c1-4-32-24(31)21-13(2)14(3)34-23(21)28-20(29)12-33-17-8-5-15(6-9-17)22(30)27-19-11-16(25)7-10-18(19)26/h5-11H,4,12H2,1-3H3,(H,27,30)(H,28,29). The summed E-state index contributed by atoms with van der Waals surface area (Å²) in [6.45, 7) is 5.36. The fourth-order valence-electron chi connectivity index (χ4n) is 2.97. The Kier molecular flexibility index (Phi) is 8.55. The zero-order valence-electron chi connectivity index (χ0n) is 18.7. The van der Waals surface area contributed by atoms with Crippen molar-refractivity contribution in [2.75, 3.05) is 23.8 Å². The molecule has 1 aromatic heterocycles. The maximum Gasteiger partial charge on any atom is 0.341 e. The summed E-state index contributed by atoms with van der Waals surface area (Å²) in [5, 5.41) is 6.65. The molecule has 0 bridgehead atoms. The maximum atomic E-state index is 12.5. The first-order valence-corrected chi connectivity index (χ1v) is 11.8. The number of benzene rings is 2. The van der Waals surface area contributed by atoms with Crippen molar-refractivity contribution in [3.63, 3.8) is 0 Å². The molecule has 0 atom stereocenters. The Hall–Kier alpha value is -3.07. The molecule has 0 aliphatic rings. The minimum absolute atomic E-state index is 0.240. The van der Waals surface area contributed by atoms with Crippen molar-refractivity contribution < 1.29 is 23.9 Å². The van der Waals surface area contributed by atoms with E-state index < -0.39 is 11.9 Å². The van der Waals surface area contributed by atoms with Crippen molar-refractivity contribution in [1.82, 2.24) is 0 Å². The van der Waals surface area contributed by atoms with Crippen LogP contribution in [-0.2, 0) is 9.53 Å². The fraction of sp³-hybridized carbons (Fsp3) is 0.208. The van der Waals surface area contributed by atoms with E-state index in [1.54, 1.807) is 49.4 Å². The smallest absolute Gasteiger partial charge is 0.341 e. The molecule has 0 fully saturated rings. The molecule has 0 aliphatic heterocycles. The Morgan fingerprint density at radius 2 is 1.71 bits per heavy atom. The number of amides is 2. The Morgan fingerprint density at radius 3 is 2.38 bits per heavy atom. The van der Waals surface area contributed by atoms with Gasteiger partial charge in [-0.1, -0.05) is 23.2 Å². The van der Waals surface area contributed by atoms with Gasteiger partial charge in [0.2, 0.25) is 0 Å². The molecule has 34 heavy (non-hydrogen) atoms. The van der Waals surface area contributed by atoms with E-state index >= 15 is 0 Å². The summed E-state index contributed by atoms with van der Waals surface area (Å²) in [6, 6.07) is 11.0. The first-order valence-electron chi connectivity index (χ1n) is 10.3. The summed E-state index contributed by atoms with van der Waals surface area (Å²) in [6.07, 6.45) is 0. The van der Waals surface area contributed by atoms with Crippen LogP contribution in [0.3, 0.4) is 0 Å². The first-order chi connectivity index (χ1) is 16.2. The van der Waals surface area contributed by atoms with Crippen LogP contribution in [0.1, 0.15) is 38.1 Å². The molecule has 178 valence electrons. The molecule has 0 aliphatic carbocycles. The Bertz CT molecular complexity index is 1220. The fourth-order valence-corrected chi connectivity index (χ4v) is 4.37.